The molecule has 3 unspecified atom stereocenters. The van der Waals surface area contributed by atoms with E-state index in [0.29, 0.717) is 11.3 Å². The van der Waals surface area contributed by atoms with Gasteiger partial charge in [0.15, 0.2) is 0 Å². The third-order valence-electron chi connectivity index (χ3n) is 6.07. The number of rotatable bonds is 1. The summed E-state index contributed by atoms with van der Waals surface area (Å²) in [5, 5.41) is 0. The summed E-state index contributed by atoms with van der Waals surface area (Å²) in [6.45, 7) is 4.51. The third kappa shape index (κ3) is 1.98. The Balaban J connectivity index is 1.71. The van der Waals surface area contributed by atoms with Crippen molar-refractivity contribution in [3.8, 4) is 0 Å². The van der Waals surface area contributed by atoms with Gasteiger partial charge in [0.1, 0.15) is 6.10 Å². The minimum absolute atomic E-state index is 0.0536. The van der Waals surface area contributed by atoms with Gasteiger partial charge in [-0.2, -0.15) is 0 Å². The van der Waals surface area contributed by atoms with Gasteiger partial charge < -0.3 is 4.74 Å². The predicted octanol–water partition coefficient (Wildman–Crippen LogP) is 3.93. The monoisotopic (exact) mass is 250 g/mol. The number of hydrogen-bond donors (Lipinski definition) is 0. The summed E-state index contributed by atoms with van der Waals surface area (Å²) in [5.41, 5.74) is 0.436. The number of fused-ring (bicyclic) bond motifs is 1. The molecule has 3 rings (SSSR count). The largest absolute Gasteiger partial charge is 0.462 e. The standard InChI is InChI=1S/C16H26O2/c1-11-13-8-9-16(2,10-14(13)18-15(11)17)12-6-4-3-5-7-12/h11-14H,3-10H2,1-2H3/t11?,13-,14?,16?/m0/s1. The first-order chi connectivity index (χ1) is 8.60. The summed E-state index contributed by atoms with van der Waals surface area (Å²) in [5.74, 6) is 1.58. The van der Waals surface area contributed by atoms with Crippen molar-refractivity contribution >= 4 is 5.97 Å². The minimum Gasteiger partial charge on any atom is -0.462 e. The first-order valence-corrected chi connectivity index (χ1v) is 7.81. The highest BCUT2D eigenvalue weighted by Gasteiger charge is 2.50. The highest BCUT2D eigenvalue weighted by Crippen LogP contribution is 2.52. The maximum atomic E-state index is 11.7. The molecule has 0 radical (unpaired) electrons. The van der Waals surface area contributed by atoms with Gasteiger partial charge in [-0.25, -0.2) is 0 Å². The average molecular weight is 250 g/mol. The molecule has 102 valence electrons. The lowest BCUT2D eigenvalue weighted by Gasteiger charge is -2.46. The van der Waals surface area contributed by atoms with Crippen molar-refractivity contribution in [1.82, 2.24) is 0 Å². The second-order valence-corrected chi connectivity index (χ2v) is 7.16. The summed E-state index contributed by atoms with van der Waals surface area (Å²) >= 11 is 0. The normalized spacial score (nSPS) is 45.7. The molecule has 0 N–H and O–H groups in total. The zero-order valence-electron chi connectivity index (χ0n) is 11.8. The van der Waals surface area contributed by atoms with Gasteiger partial charge >= 0.3 is 5.97 Å². The third-order valence-corrected chi connectivity index (χ3v) is 6.07. The first kappa shape index (κ1) is 12.5. The predicted molar refractivity (Wildman–Crippen MR) is 71.1 cm³/mol. The van der Waals surface area contributed by atoms with Gasteiger partial charge in [-0.3, -0.25) is 4.79 Å². The lowest BCUT2D eigenvalue weighted by molar-refractivity contribution is -0.145. The molecule has 2 nitrogen and oxygen atoms in total. The molecule has 4 atom stereocenters. The fraction of sp³-hybridized carbons (Fsp3) is 0.938. The number of carbonyl (C=O) groups is 1. The summed E-state index contributed by atoms with van der Waals surface area (Å²) in [7, 11) is 0. The Morgan fingerprint density at radius 3 is 2.61 bits per heavy atom. The van der Waals surface area contributed by atoms with Crippen molar-refractivity contribution < 1.29 is 9.53 Å². The highest BCUT2D eigenvalue weighted by molar-refractivity contribution is 5.74. The Kier molecular flexibility index (Phi) is 3.15. The van der Waals surface area contributed by atoms with Crippen LogP contribution in [-0.2, 0) is 9.53 Å². The fourth-order valence-corrected chi connectivity index (χ4v) is 4.70. The van der Waals surface area contributed by atoms with E-state index in [0.717, 1.165) is 12.3 Å². The summed E-state index contributed by atoms with van der Waals surface area (Å²) in [6.07, 6.45) is 10.9. The van der Waals surface area contributed by atoms with Gasteiger partial charge in [-0.15, -0.1) is 0 Å². The van der Waals surface area contributed by atoms with E-state index in [4.69, 9.17) is 4.74 Å². The number of ether oxygens (including phenoxy) is 1. The van der Waals surface area contributed by atoms with E-state index >= 15 is 0 Å². The first-order valence-electron chi connectivity index (χ1n) is 7.81. The molecule has 1 heterocycles. The van der Waals surface area contributed by atoms with E-state index in [1.165, 1.54) is 44.9 Å². The van der Waals surface area contributed by atoms with Crippen LogP contribution in [-0.4, -0.2) is 12.1 Å². The van der Waals surface area contributed by atoms with Crippen LogP contribution in [0.3, 0.4) is 0 Å². The second-order valence-electron chi connectivity index (χ2n) is 7.16. The maximum Gasteiger partial charge on any atom is 0.309 e. The van der Waals surface area contributed by atoms with Gasteiger partial charge in [0.05, 0.1) is 5.92 Å². The van der Waals surface area contributed by atoms with Crippen molar-refractivity contribution in [3.05, 3.63) is 0 Å². The molecule has 3 fully saturated rings. The Morgan fingerprint density at radius 1 is 1.17 bits per heavy atom. The summed E-state index contributed by atoms with van der Waals surface area (Å²) in [6, 6.07) is 0. The van der Waals surface area contributed by atoms with Crippen molar-refractivity contribution in [1.29, 1.82) is 0 Å². The summed E-state index contributed by atoms with van der Waals surface area (Å²) < 4.78 is 5.62. The van der Waals surface area contributed by atoms with Crippen LogP contribution in [0.1, 0.15) is 65.2 Å². The molecule has 1 saturated heterocycles. The maximum absolute atomic E-state index is 11.7. The van der Waals surface area contributed by atoms with Gasteiger partial charge in [0, 0.05) is 5.92 Å². The molecule has 0 aromatic carbocycles. The molecule has 3 aliphatic rings. The van der Waals surface area contributed by atoms with Crippen molar-refractivity contribution in [2.24, 2.45) is 23.2 Å². The Hall–Kier alpha value is -0.530. The molecule has 0 bridgehead atoms. The lowest BCUT2D eigenvalue weighted by Crippen LogP contribution is -2.40. The van der Waals surface area contributed by atoms with Gasteiger partial charge in [-0.1, -0.05) is 33.1 Å². The van der Waals surface area contributed by atoms with Gasteiger partial charge in [-0.05, 0) is 43.4 Å². The molecule has 2 heteroatoms. The smallest absolute Gasteiger partial charge is 0.309 e. The highest BCUT2D eigenvalue weighted by atomic mass is 16.6. The molecule has 0 spiro atoms. The van der Waals surface area contributed by atoms with Crippen LogP contribution in [0.5, 0.6) is 0 Å². The van der Waals surface area contributed by atoms with Crippen LogP contribution in [0.4, 0.5) is 0 Å². The van der Waals surface area contributed by atoms with Crippen LogP contribution in [0.15, 0.2) is 0 Å². The van der Waals surface area contributed by atoms with Crippen molar-refractivity contribution in [2.45, 2.75) is 71.3 Å². The van der Waals surface area contributed by atoms with E-state index in [2.05, 4.69) is 13.8 Å². The Bertz CT molecular complexity index is 332. The van der Waals surface area contributed by atoms with Crippen LogP contribution >= 0.6 is 0 Å². The molecule has 0 aromatic heterocycles. The van der Waals surface area contributed by atoms with Crippen molar-refractivity contribution in [3.63, 3.8) is 0 Å². The Labute approximate surface area is 110 Å². The fourth-order valence-electron chi connectivity index (χ4n) is 4.70. The van der Waals surface area contributed by atoms with E-state index in [1.807, 2.05) is 0 Å². The minimum atomic E-state index is 0.0536. The molecule has 2 aliphatic carbocycles. The van der Waals surface area contributed by atoms with E-state index in [1.54, 1.807) is 0 Å². The summed E-state index contributed by atoms with van der Waals surface area (Å²) in [4.78, 5) is 11.7. The topological polar surface area (TPSA) is 26.3 Å². The number of esters is 1. The van der Waals surface area contributed by atoms with E-state index in [9.17, 15) is 4.79 Å². The number of carbonyl (C=O) groups excluding carboxylic acids is 1. The molecule has 1 aliphatic heterocycles. The molecule has 0 amide bonds. The van der Waals surface area contributed by atoms with E-state index in [-0.39, 0.29) is 18.0 Å². The lowest BCUT2D eigenvalue weighted by atomic mass is 9.59. The van der Waals surface area contributed by atoms with Crippen LogP contribution < -0.4 is 0 Å². The molecule has 2 saturated carbocycles. The SMILES string of the molecule is CC1C(=O)OC2CC(C)(C3CCCCC3)CC[C@H]21. The van der Waals surface area contributed by atoms with Crippen LogP contribution in [0.2, 0.25) is 0 Å². The van der Waals surface area contributed by atoms with Gasteiger partial charge in [0.25, 0.3) is 0 Å². The molecule has 18 heavy (non-hydrogen) atoms. The van der Waals surface area contributed by atoms with Gasteiger partial charge in [0.2, 0.25) is 0 Å². The molecular weight excluding hydrogens is 224 g/mol. The molecule has 0 aromatic rings. The van der Waals surface area contributed by atoms with Crippen LogP contribution in [0, 0.1) is 23.2 Å². The van der Waals surface area contributed by atoms with E-state index < -0.39 is 0 Å². The number of hydrogen-bond acceptors (Lipinski definition) is 2. The average Bonchev–Trinajstić information content (AvgIpc) is 2.65. The zero-order valence-corrected chi connectivity index (χ0v) is 11.8. The van der Waals surface area contributed by atoms with Crippen molar-refractivity contribution in [2.75, 3.05) is 0 Å². The van der Waals surface area contributed by atoms with Crippen LogP contribution in [0.25, 0.3) is 0 Å². The molecular formula is C16H26O2. The Morgan fingerprint density at radius 2 is 1.89 bits per heavy atom. The quantitative estimate of drug-likeness (QED) is 0.659. The zero-order chi connectivity index (χ0) is 12.8. The second kappa shape index (κ2) is 4.54.